The maximum absolute atomic E-state index is 12.7. The van der Waals surface area contributed by atoms with Crippen LogP contribution in [0.5, 0.6) is 0 Å². The normalized spacial score (nSPS) is 21.3. The molecule has 1 aliphatic rings. The SMILES string of the molecule is CO[C@@H]1CN(C(C)C)C[C@H]1NC(=O)c1cnn2cc(CCO)cnc12. The van der Waals surface area contributed by atoms with Crippen molar-refractivity contribution < 1.29 is 14.6 Å². The molecule has 0 aromatic carbocycles. The Hall–Kier alpha value is -2.03. The summed E-state index contributed by atoms with van der Waals surface area (Å²) in [5.74, 6) is -0.199. The molecule has 0 radical (unpaired) electrons. The summed E-state index contributed by atoms with van der Waals surface area (Å²) in [6.45, 7) is 5.88. The second-order valence-electron chi connectivity index (χ2n) is 6.66. The second kappa shape index (κ2) is 7.47. The van der Waals surface area contributed by atoms with Gasteiger partial charge < -0.3 is 15.2 Å². The number of hydrogen-bond acceptors (Lipinski definition) is 6. The molecule has 8 heteroatoms. The highest BCUT2D eigenvalue weighted by molar-refractivity contribution is 5.99. The number of ether oxygens (including phenoxy) is 1. The van der Waals surface area contributed by atoms with E-state index in [4.69, 9.17) is 9.84 Å². The molecule has 3 rings (SSSR count). The van der Waals surface area contributed by atoms with Crippen LogP contribution < -0.4 is 5.32 Å². The zero-order valence-corrected chi connectivity index (χ0v) is 14.8. The van der Waals surface area contributed by atoms with Crippen LogP contribution in [-0.2, 0) is 11.2 Å². The van der Waals surface area contributed by atoms with E-state index in [-0.39, 0.29) is 24.7 Å². The van der Waals surface area contributed by atoms with Gasteiger partial charge in [0.1, 0.15) is 5.56 Å². The summed E-state index contributed by atoms with van der Waals surface area (Å²) in [5, 5.41) is 16.3. The molecule has 2 aromatic heterocycles. The molecular weight excluding hydrogens is 322 g/mol. The molecule has 1 amide bonds. The van der Waals surface area contributed by atoms with E-state index in [1.54, 1.807) is 24.0 Å². The van der Waals surface area contributed by atoms with Gasteiger partial charge in [0.05, 0.1) is 18.3 Å². The Morgan fingerprint density at radius 3 is 2.92 bits per heavy atom. The predicted molar refractivity (Wildman–Crippen MR) is 92.5 cm³/mol. The van der Waals surface area contributed by atoms with Crippen LogP contribution in [0.25, 0.3) is 5.65 Å². The molecule has 1 fully saturated rings. The third-order valence-corrected chi connectivity index (χ3v) is 4.70. The molecule has 0 spiro atoms. The zero-order valence-electron chi connectivity index (χ0n) is 14.8. The molecule has 1 saturated heterocycles. The molecule has 2 atom stereocenters. The van der Waals surface area contributed by atoms with Gasteiger partial charge in [-0.1, -0.05) is 0 Å². The number of fused-ring (bicyclic) bond motifs is 1. The highest BCUT2D eigenvalue weighted by Crippen LogP contribution is 2.17. The lowest BCUT2D eigenvalue weighted by molar-refractivity contribution is 0.0754. The van der Waals surface area contributed by atoms with Gasteiger partial charge in [0, 0.05) is 45.2 Å². The lowest BCUT2D eigenvalue weighted by Crippen LogP contribution is -2.43. The van der Waals surface area contributed by atoms with Crippen molar-refractivity contribution in [2.24, 2.45) is 0 Å². The molecule has 0 aliphatic carbocycles. The number of likely N-dealkylation sites (tertiary alicyclic amines) is 1. The summed E-state index contributed by atoms with van der Waals surface area (Å²) in [7, 11) is 1.67. The van der Waals surface area contributed by atoms with Gasteiger partial charge in [0.2, 0.25) is 0 Å². The maximum atomic E-state index is 12.7. The zero-order chi connectivity index (χ0) is 18.0. The van der Waals surface area contributed by atoms with E-state index >= 15 is 0 Å². The standard InChI is InChI=1S/C17H25N5O3/c1-11(2)21-9-14(15(10-21)25-3)20-17(24)13-7-19-22-8-12(4-5-23)6-18-16(13)22/h6-8,11,14-15,23H,4-5,9-10H2,1-3H3,(H,20,24)/t14-,15-/m1/s1. The van der Waals surface area contributed by atoms with Gasteiger partial charge in [0.15, 0.2) is 5.65 Å². The van der Waals surface area contributed by atoms with Crippen LogP contribution in [0.15, 0.2) is 18.6 Å². The molecule has 2 aromatic rings. The first-order chi connectivity index (χ1) is 12.0. The van der Waals surface area contributed by atoms with Crippen molar-refractivity contribution in [1.29, 1.82) is 0 Å². The van der Waals surface area contributed by atoms with Gasteiger partial charge in [-0.05, 0) is 25.8 Å². The minimum atomic E-state index is -0.199. The second-order valence-corrected chi connectivity index (χ2v) is 6.66. The Labute approximate surface area is 146 Å². The van der Waals surface area contributed by atoms with Crippen LogP contribution in [0.3, 0.4) is 0 Å². The van der Waals surface area contributed by atoms with Gasteiger partial charge in [-0.3, -0.25) is 9.69 Å². The number of hydrogen-bond donors (Lipinski definition) is 2. The van der Waals surface area contributed by atoms with E-state index in [2.05, 4.69) is 34.1 Å². The van der Waals surface area contributed by atoms with E-state index in [1.807, 2.05) is 0 Å². The highest BCUT2D eigenvalue weighted by Gasteiger charge is 2.35. The monoisotopic (exact) mass is 347 g/mol. The Morgan fingerprint density at radius 2 is 2.24 bits per heavy atom. The van der Waals surface area contributed by atoms with E-state index in [1.165, 1.54) is 6.20 Å². The van der Waals surface area contributed by atoms with Gasteiger partial charge in [0.25, 0.3) is 5.91 Å². The van der Waals surface area contributed by atoms with Crippen LogP contribution in [0.1, 0.15) is 29.8 Å². The van der Waals surface area contributed by atoms with Gasteiger partial charge in [-0.2, -0.15) is 5.10 Å². The first-order valence-electron chi connectivity index (χ1n) is 8.54. The fourth-order valence-corrected chi connectivity index (χ4v) is 3.18. The van der Waals surface area contributed by atoms with Crippen LogP contribution in [0, 0.1) is 0 Å². The van der Waals surface area contributed by atoms with Crippen molar-refractivity contribution in [2.75, 3.05) is 26.8 Å². The number of carbonyl (C=O) groups is 1. The third kappa shape index (κ3) is 3.65. The smallest absolute Gasteiger partial charge is 0.257 e. The topological polar surface area (TPSA) is 92.0 Å². The van der Waals surface area contributed by atoms with Gasteiger partial charge in [-0.25, -0.2) is 9.50 Å². The summed E-state index contributed by atoms with van der Waals surface area (Å²) in [6.07, 6.45) is 5.45. The fraction of sp³-hybridized carbons (Fsp3) is 0.588. The van der Waals surface area contributed by atoms with Crippen LogP contribution in [0.2, 0.25) is 0 Å². The molecule has 3 heterocycles. The molecule has 0 bridgehead atoms. The van der Waals surface area contributed by atoms with Crippen molar-refractivity contribution in [3.05, 3.63) is 29.7 Å². The number of carbonyl (C=O) groups excluding carboxylic acids is 1. The molecule has 25 heavy (non-hydrogen) atoms. The molecule has 2 N–H and O–H groups in total. The Kier molecular flexibility index (Phi) is 5.31. The quantitative estimate of drug-likeness (QED) is 0.770. The Balaban J connectivity index is 1.76. The molecule has 0 unspecified atom stereocenters. The van der Waals surface area contributed by atoms with Crippen molar-refractivity contribution >= 4 is 11.6 Å². The minimum absolute atomic E-state index is 0.0303. The number of aromatic nitrogens is 3. The Morgan fingerprint density at radius 1 is 1.44 bits per heavy atom. The fourth-order valence-electron chi connectivity index (χ4n) is 3.18. The molecule has 8 nitrogen and oxygen atoms in total. The van der Waals surface area contributed by atoms with E-state index in [9.17, 15) is 4.79 Å². The molecule has 1 aliphatic heterocycles. The molecular formula is C17H25N5O3. The largest absolute Gasteiger partial charge is 0.396 e. The molecule has 136 valence electrons. The first-order valence-corrected chi connectivity index (χ1v) is 8.54. The van der Waals surface area contributed by atoms with E-state index in [0.29, 0.717) is 23.7 Å². The molecule has 0 saturated carbocycles. The number of methoxy groups -OCH3 is 1. The van der Waals surface area contributed by atoms with Gasteiger partial charge in [-0.15, -0.1) is 0 Å². The number of nitrogens with zero attached hydrogens (tertiary/aromatic N) is 4. The summed E-state index contributed by atoms with van der Waals surface area (Å²) >= 11 is 0. The summed E-state index contributed by atoms with van der Waals surface area (Å²) in [6, 6.07) is 0.339. The number of nitrogens with one attached hydrogen (secondary N) is 1. The lowest BCUT2D eigenvalue weighted by atomic mass is 10.2. The van der Waals surface area contributed by atoms with Crippen molar-refractivity contribution in [2.45, 2.75) is 38.5 Å². The highest BCUT2D eigenvalue weighted by atomic mass is 16.5. The van der Waals surface area contributed by atoms with Crippen molar-refractivity contribution in [1.82, 2.24) is 24.8 Å². The maximum Gasteiger partial charge on any atom is 0.257 e. The van der Waals surface area contributed by atoms with Crippen LogP contribution in [0.4, 0.5) is 0 Å². The van der Waals surface area contributed by atoms with Crippen LogP contribution in [-0.4, -0.2) is 75.5 Å². The van der Waals surface area contributed by atoms with E-state index < -0.39 is 0 Å². The average Bonchev–Trinajstić information content (AvgIpc) is 3.18. The summed E-state index contributed by atoms with van der Waals surface area (Å²) in [4.78, 5) is 19.3. The number of aliphatic hydroxyl groups is 1. The minimum Gasteiger partial charge on any atom is -0.396 e. The summed E-state index contributed by atoms with van der Waals surface area (Å²) < 4.78 is 7.11. The number of amides is 1. The number of aliphatic hydroxyl groups excluding tert-OH is 1. The first kappa shape index (κ1) is 17.8. The van der Waals surface area contributed by atoms with E-state index in [0.717, 1.165) is 18.7 Å². The third-order valence-electron chi connectivity index (χ3n) is 4.70. The van der Waals surface area contributed by atoms with Gasteiger partial charge >= 0.3 is 0 Å². The summed E-state index contributed by atoms with van der Waals surface area (Å²) in [5.41, 5.74) is 1.81. The average molecular weight is 347 g/mol. The number of rotatable bonds is 6. The van der Waals surface area contributed by atoms with Crippen molar-refractivity contribution in [3.63, 3.8) is 0 Å². The predicted octanol–water partition coefficient (Wildman–Crippen LogP) is 0.102. The lowest BCUT2D eigenvalue weighted by Gasteiger charge is -2.19. The van der Waals surface area contributed by atoms with Crippen molar-refractivity contribution in [3.8, 4) is 0 Å². The van der Waals surface area contributed by atoms with Crippen LogP contribution >= 0.6 is 0 Å². The Bertz CT molecular complexity index is 745.